The Bertz CT molecular complexity index is 359. The molecule has 1 heterocycles. The monoisotopic (exact) mass is 219 g/mol. The fraction of sp³-hybridized carbons (Fsp3) is 0.462. The lowest BCUT2D eigenvalue weighted by atomic mass is 10.1. The van der Waals surface area contributed by atoms with Gasteiger partial charge in [-0.3, -0.25) is 4.79 Å². The zero-order valence-corrected chi connectivity index (χ0v) is 9.61. The van der Waals surface area contributed by atoms with Gasteiger partial charge in [0, 0.05) is 12.2 Å². The van der Waals surface area contributed by atoms with Gasteiger partial charge in [-0.2, -0.15) is 0 Å². The molecule has 0 aliphatic carbocycles. The van der Waals surface area contributed by atoms with Crippen LogP contribution < -0.4 is 4.90 Å². The van der Waals surface area contributed by atoms with Gasteiger partial charge in [-0.05, 0) is 24.1 Å². The maximum atomic E-state index is 11.6. The molecule has 0 atom stereocenters. The van der Waals surface area contributed by atoms with Crippen LogP contribution in [0.1, 0.15) is 18.9 Å². The summed E-state index contributed by atoms with van der Waals surface area (Å²) in [6.45, 7) is 3.66. The van der Waals surface area contributed by atoms with Gasteiger partial charge in [-0.15, -0.1) is 0 Å². The summed E-state index contributed by atoms with van der Waals surface area (Å²) in [6, 6.07) is 8.24. The van der Waals surface area contributed by atoms with E-state index >= 15 is 0 Å². The average Bonchev–Trinajstić information content (AvgIpc) is 2.31. The van der Waals surface area contributed by atoms with E-state index in [1.807, 2.05) is 12.1 Å². The molecule has 0 bridgehead atoms. The normalized spacial score (nSPS) is 16.6. The molecule has 86 valence electrons. The zero-order chi connectivity index (χ0) is 11.4. The number of nitrogens with zero attached hydrogens (tertiary/aromatic N) is 1. The molecule has 0 radical (unpaired) electrons. The second-order valence-corrected chi connectivity index (χ2v) is 4.01. The maximum Gasteiger partial charge on any atom is 0.253 e. The topological polar surface area (TPSA) is 29.5 Å². The first-order valence-corrected chi connectivity index (χ1v) is 5.78. The molecule has 0 saturated carbocycles. The molecule has 1 amide bonds. The molecule has 1 aliphatic rings. The fourth-order valence-electron chi connectivity index (χ4n) is 1.92. The van der Waals surface area contributed by atoms with Crippen LogP contribution in [-0.4, -0.2) is 25.7 Å². The predicted molar refractivity (Wildman–Crippen MR) is 63.6 cm³/mol. The van der Waals surface area contributed by atoms with E-state index in [1.54, 1.807) is 4.90 Å². The van der Waals surface area contributed by atoms with Crippen molar-refractivity contribution in [1.82, 2.24) is 0 Å². The van der Waals surface area contributed by atoms with Crippen molar-refractivity contribution in [3.63, 3.8) is 0 Å². The number of rotatable bonds is 3. The van der Waals surface area contributed by atoms with Crippen molar-refractivity contribution in [3.8, 4) is 0 Å². The molecule has 2 rings (SSSR count). The summed E-state index contributed by atoms with van der Waals surface area (Å²) in [6.07, 6.45) is 2.24. The summed E-state index contributed by atoms with van der Waals surface area (Å²) in [4.78, 5) is 13.4. The van der Waals surface area contributed by atoms with Gasteiger partial charge >= 0.3 is 0 Å². The van der Waals surface area contributed by atoms with E-state index in [-0.39, 0.29) is 12.5 Å². The van der Waals surface area contributed by atoms with Crippen molar-refractivity contribution < 1.29 is 9.53 Å². The number of morpholine rings is 1. The molecular weight excluding hydrogens is 202 g/mol. The summed E-state index contributed by atoms with van der Waals surface area (Å²) in [5.74, 6) is 0.0505. The van der Waals surface area contributed by atoms with Crippen molar-refractivity contribution in [2.75, 3.05) is 24.7 Å². The molecule has 0 N–H and O–H groups in total. The van der Waals surface area contributed by atoms with Crippen LogP contribution in [0.3, 0.4) is 0 Å². The van der Waals surface area contributed by atoms with Gasteiger partial charge in [0.2, 0.25) is 0 Å². The van der Waals surface area contributed by atoms with E-state index in [1.165, 1.54) is 5.56 Å². The van der Waals surface area contributed by atoms with Gasteiger partial charge in [0.05, 0.1) is 6.61 Å². The summed E-state index contributed by atoms with van der Waals surface area (Å²) < 4.78 is 5.10. The third-order valence-corrected chi connectivity index (χ3v) is 2.77. The Morgan fingerprint density at radius 1 is 1.31 bits per heavy atom. The van der Waals surface area contributed by atoms with Gasteiger partial charge in [0.1, 0.15) is 6.61 Å². The van der Waals surface area contributed by atoms with Crippen molar-refractivity contribution >= 4 is 11.6 Å². The number of benzene rings is 1. The van der Waals surface area contributed by atoms with Gasteiger partial charge in [0.15, 0.2) is 0 Å². The third-order valence-electron chi connectivity index (χ3n) is 2.77. The Kier molecular flexibility index (Phi) is 3.57. The Balaban J connectivity index is 2.11. The fourth-order valence-corrected chi connectivity index (χ4v) is 1.92. The second kappa shape index (κ2) is 5.12. The van der Waals surface area contributed by atoms with E-state index in [2.05, 4.69) is 19.1 Å². The first-order valence-electron chi connectivity index (χ1n) is 5.78. The molecule has 0 aromatic heterocycles. The average molecular weight is 219 g/mol. The molecule has 3 heteroatoms. The van der Waals surface area contributed by atoms with Crippen LogP contribution in [-0.2, 0) is 16.0 Å². The van der Waals surface area contributed by atoms with Crippen LogP contribution in [0.5, 0.6) is 0 Å². The summed E-state index contributed by atoms with van der Waals surface area (Å²) in [5.41, 5.74) is 2.31. The molecule has 1 aliphatic heterocycles. The van der Waals surface area contributed by atoms with Crippen molar-refractivity contribution in [1.29, 1.82) is 0 Å². The number of hydrogen-bond donors (Lipinski definition) is 0. The minimum atomic E-state index is 0.0505. The molecule has 1 aromatic rings. The summed E-state index contributed by atoms with van der Waals surface area (Å²) in [7, 11) is 0. The highest BCUT2D eigenvalue weighted by atomic mass is 16.5. The Labute approximate surface area is 96.0 Å². The number of amides is 1. The lowest BCUT2D eigenvalue weighted by Gasteiger charge is -2.26. The molecule has 16 heavy (non-hydrogen) atoms. The molecular formula is C13H17NO2. The lowest BCUT2D eigenvalue weighted by molar-refractivity contribution is -0.125. The van der Waals surface area contributed by atoms with E-state index in [0.29, 0.717) is 13.2 Å². The lowest BCUT2D eigenvalue weighted by Crippen LogP contribution is -2.41. The minimum absolute atomic E-state index is 0.0505. The van der Waals surface area contributed by atoms with Gasteiger partial charge < -0.3 is 9.64 Å². The van der Waals surface area contributed by atoms with Crippen LogP contribution in [0.25, 0.3) is 0 Å². The molecule has 1 fully saturated rings. The second-order valence-electron chi connectivity index (χ2n) is 4.01. The molecule has 0 spiro atoms. The van der Waals surface area contributed by atoms with Gasteiger partial charge in [0.25, 0.3) is 5.91 Å². The number of anilines is 1. The Morgan fingerprint density at radius 2 is 2.06 bits per heavy atom. The summed E-state index contributed by atoms with van der Waals surface area (Å²) >= 11 is 0. The van der Waals surface area contributed by atoms with E-state index < -0.39 is 0 Å². The van der Waals surface area contributed by atoms with Crippen molar-refractivity contribution in [2.45, 2.75) is 19.8 Å². The first kappa shape index (κ1) is 11.1. The predicted octanol–water partition coefficient (Wildman–Crippen LogP) is 2.00. The number of aryl methyl sites for hydroxylation is 1. The number of carbonyl (C=O) groups excluding carboxylic acids is 1. The number of carbonyl (C=O) groups is 1. The highest BCUT2D eigenvalue weighted by molar-refractivity contribution is 5.94. The highest BCUT2D eigenvalue weighted by Crippen LogP contribution is 2.17. The van der Waals surface area contributed by atoms with Crippen LogP contribution in [0, 0.1) is 0 Å². The minimum Gasteiger partial charge on any atom is -0.370 e. The SMILES string of the molecule is CCCc1ccc(N2CCOCC2=O)cc1. The van der Waals surface area contributed by atoms with E-state index in [9.17, 15) is 4.79 Å². The Hall–Kier alpha value is -1.35. The van der Waals surface area contributed by atoms with Gasteiger partial charge in [-0.1, -0.05) is 25.5 Å². The van der Waals surface area contributed by atoms with Gasteiger partial charge in [-0.25, -0.2) is 0 Å². The molecule has 1 saturated heterocycles. The molecule has 1 aromatic carbocycles. The highest BCUT2D eigenvalue weighted by Gasteiger charge is 2.19. The van der Waals surface area contributed by atoms with Crippen LogP contribution in [0.4, 0.5) is 5.69 Å². The first-order chi connectivity index (χ1) is 7.81. The molecule has 0 unspecified atom stereocenters. The standard InChI is InChI=1S/C13H17NO2/c1-2-3-11-4-6-12(7-5-11)14-8-9-16-10-13(14)15/h4-7H,2-3,8-10H2,1H3. The maximum absolute atomic E-state index is 11.6. The van der Waals surface area contributed by atoms with Crippen LogP contribution >= 0.6 is 0 Å². The number of hydrogen-bond acceptors (Lipinski definition) is 2. The van der Waals surface area contributed by atoms with Crippen LogP contribution in [0.2, 0.25) is 0 Å². The van der Waals surface area contributed by atoms with Crippen molar-refractivity contribution in [2.24, 2.45) is 0 Å². The van der Waals surface area contributed by atoms with Crippen LogP contribution in [0.15, 0.2) is 24.3 Å². The van der Waals surface area contributed by atoms with E-state index in [0.717, 1.165) is 18.5 Å². The molecule has 3 nitrogen and oxygen atoms in total. The number of ether oxygens (including phenoxy) is 1. The van der Waals surface area contributed by atoms with Crippen molar-refractivity contribution in [3.05, 3.63) is 29.8 Å². The zero-order valence-electron chi connectivity index (χ0n) is 9.61. The third kappa shape index (κ3) is 2.42. The van der Waals surface area contributed by atoms with E-state index in [4.69, 9.17) is 4.74 Å². The quantitative estimate of drug-likeness (QED) is 0.778. The summed E-state index contributed by atoms with van der Waals surface area (Å²) in [5, 5.41) is 0. The largest absolute Gasteiger partial charge is 0.370 e. The smallest absolute Gasteiger partial charge is 0.253 e. The Morgan fingerprint density at radius 3 is 2.69 bits per heavy atom.